The number of amides is 2. The van der Waals surface area contributed by atoms with E-state index in [2.05, 4.69) is 10.6 Å². The molecule has 5 heteroatoms. The maximum Gasteiger partial charge on any atom is 0.223 e. The van der Waals surface area contributed by atoms with Crippen LogP contribution in [0.3, 0.4) is 0 Å². The first kappa shape index (κ1) is 14.0. The Bertz CT molecular complexity index is 279. The Morgan fingerprint density at radius 2 is 2.29 bits per heavy atom. The van der Waals surface area contributed by atoms with Crippen molar-refractivity contribution in [2.24, 2.45) is 11.8 Å². The number of hydrogen-bond acceptors (Lipinski definition) is 3. The predicted molar refractivity (Wildman–Crippen MR) is 64.2 cm³/mol. The lowest BCUT2D eigenvalue weighted by Crippen LogP contribution is -2.41. The van der Waals surface area contributed by atoms with Crippen LogP contribution < -0.4 is 10.6 Å². The van der Waals surface area contributed by atoms with Gasteiger partial charge in [0, 0.05) is 25.4 Å². The monoisotopic (exact) mass is 242 g/mol. The summed E-state index contributed by atoms with van der Waals surface area (Å²) in [7, 11) is 0. The van der Waals surface area contributed by atoms with Crippen molar-refractivity contribution >= 4 is 11.8 Å². The first-order valence-corrected chi connectivity index (χ1v) is 6.23. The van der Waals surface area contributed by atoms with Gasteiger partial charge in [0.15, 0.2) is 0 Å². The van der Waals surface area contributed by atoms with Crippen LogP contribution in [0.1, 0.15) is 33.1 Å². The zero-order chi connectivity index (χ0) is 12.8. The van der Waals surface area contributed by atoms with Crippen molar-refractivity contribution in [2.75, 3.05) is 13.1 Å². The van der Waals surface area contributed by atoms with E-state index in [4.69, 9.17) is 0 Å². The Kier molecular flexibility index (Phi) is 5.41. The van der Waals surface area contributed by atoms with Crippen molar-refractivity contribution in [3.63, 3.8) is 0 Å². The van der Waals surface area contributed by atoms with Crippen LogP contribution in [0.4, 0.5) is 0 Å². The largest absolute Gasteiger partial charge is 0.393 e. The Labute approximate surface area is 102 Å². The summed E-state index contributed by atoms with van der Waals surface area (Å²) in [5.74, 6) is -0.137. The van der Waals surface area contributed by atoms with E-state index in [-0.39, 0.29) is 36.2 Å². The molecule has 0 radical (unpaired) electrons. The topological polar surface area (TPSA) is 78.4 Å². The molecule has 0 spiro atoms. The second-order valence-corrected chi connectivity index (χ2v) is 4.93. The van der Waals surface area contributed by atoms with Gasteiger partial charge in [0.05, 0.1) is 6.10 Å². The highest BCUT2D eigenvalue weighted by Crippen LogP contribution is 2.12. The van der Waals surface area contributed by atoms with Crippen molar-refractivity contribution in [1.29, 1.82) is 0 Å². The first-order chi connectivity index (χ1) is 8.00. The molecule has 98 valence electrons. The molecule has 1 saturated heterocycles. The number of aliphatic hydroxyl groups excluding tert-OH is 1. The highest BCUT2D eigenvalue weighted by Gasteiger charge is 2.25. The second kappa shape index (κ2) is 6.59. The van der Waals surface area contributed by atoms with E-state index in [0.29, 0.717) is 25.9 Å². The minimum absolute atomic E-state index is 0.0568. The van der Waals surface area contributed by atoms with Crippen LogP contribution in [0, 0.1) is 11.8 Å². The normalized spacial score (nSPS) is 22.1. The Balaban J connectivity index is 2.22. The molecule has 3 N–H and O–H groups in total. The van der Waals surface area contributed by atoms with Gasteiger partial charge in [-0.2, -0.15) is 0 Å². The molecule has 0 aromatic carbocycles. The molecule has 2 amide bonds. The summed E-state index contributed by atoms with van der Waals surface area (Å²) in [5, 5.41) is 15.1. The smallest absolute Gasteiger partial charge is 0.223 e. The molecule has 1 aliphatic rings. The van der Waals surface area contributed by atoms with Gasteiger partial charge in [-0.1, -0.05) is 13.8 Å². The van der Waals surface area contributed by atoms with Crippen LogP contribution in [0.15, 0.2) is 0 Å². The van der Waals surface area contributed by atoms with Gasteiger partial charge in [-0.15, -0.1) is 0 Å². The Morgan fingerprint density at radius 3 is 2.88 bits per heavy atom. The fraction of sp³-hybridized carbons (Fsp3) is 0.833. The van der Waals surface area contributed by atoms with Crippen LogP contribution in [0.2, 0.25) is 0 Å². The number of nitrogens with one attached hydrogen (secondary N) is 2. The quantitative estimate of drug-likeness (QED) is 0.636. The lowest BCUT2D eigenvalue weighted by Gasteiger charge is -2.22. The fourth-order valence-electron chi connectivity index (χ4n) is 1.83. The zero-order valence-corrected chi connectivity index (χ0v) is 10.5. The van der Waals surface area contributed by atoms with Gasteiger partial charge < -0.3 is 15.7 Å². The molecule has 5 nitrogen and oxygen atoms in total. The van der Waals surface area contributed by atoms with E-state index < -0.39 is 0 Å². The first-order valence-electron chi connectivity index (χ1n) is 6.23. The molecule has 1 heterocycles. The summed E-state index contributed by atoms with van der Waals surface area (Å²) in [4.78, 5) is 22.8. The fourth-order valence-corrected chi connectivity index (χ4v) is 1.83. The van der Waals surface area contributed by atoms with Gasteiger partial charge in [-0.25, -0.2) is 0 Å². The van der Waals surface area contributed by atoms with Crippen LogP contribution in [0.5, 0.6) is 0 Å². The van der Waals surface area contributed by atoms with Crippen LogP contribution in [-0.4, -0.2) is 36.1 Å². The summed E-state index contributed by atoms with van der Waals surface area (Å²) in [6, 6.07) is 0. The average molecular weight is 242 g/mol. The highest BCUT2D eigenvalue weighted by molar-refractivity contribution is 5.86. The molecule has 0 aromatic rings. The van der Waals surface area contributed by atoms with E-state index in [1.54, 1.807) is 0 Å². The Morgan fingerprint density at radius 1 is 1.59 bits per heavy atom. The van der Waals surface area contributed by atoms with E-state index in [1.807, 2.05) is 13.8 Å². The number of carbonyl (C=O) groups excluding carboxylic acids is 2. The van der Waals surface area contributed by atoms with Gasteiger partial charge in [0.2, 0.25) is 11.8 Å². The lowest BCUT2D eigenvalue weighted by atomic mass is 9.96. The minimum Gasteiger partial charge on any atom is -0.393 e. The third-order valence-electron chi connectivity index (χ3n) is 3.13. The van der Waals surface area contributed by atoms with E-state index >= 15 is 0 Å². The maximum atomic E-state index is 11.7. The molecule has 1 aliphatic heterocycles. The predicted octanol–water partition coefficient (Wildman–Crippen LogP) is 0.0358. The molecule has 0 bridgehead atoms. The number of piperidine rings is 1. The minimum atomic E-state index is -0.384. The molecule has 1 fully saturated rings. The lowest BCUT2D eigenvalue weighted by molar-refractivity contribution is -0.132. The van der Waals surface area contributed by atoms with Gasteiger partial charge in [-0.05, 0) is 18.8 Å². The van der Waals surface area contributed by atoms with Gasteiger partial charge in [0.1, 0.15) is 0 Å². The summed E-state index contributed by atoms with van der Waals surface area (Å²) in [6.45, 7) is 4.93. The summed E-state index contributed by atoms with van der Waals surface area (Å²) in [5.41, 5.74) is 0. The van der Waals surface area contributed by atoms with E-state index in [0.717, 1.165) is 0 Å². The molecule has 2 unspecified atom stereocenters. The van der Waals surface area contributed by atoms with E-state index in [1.165, 1.54) is 0 Å². The molecule has 2 atom stereocenters. The van der Waals surface area contributed by atoms with Gasteiger partial charge >= 0.3 is 0 Å². The highest BCUT2D eigenvalue weighted by atomic mass is 16.3. The third-order valence-corrected chi connectivity index (χ3v) is 3.13. The molecule has 0 aromatic heterocycles. The van der Waals surface area contributed by atoms with Crippen LogP contribution in [-0.2, 0) is 9.59 Å². The number of aliphatic hydroxyl groups is 1. The van der Waals surface area contributed by atoms with Crippen molar-refractivity contribution in [3.8, 4) is 0 Å². The van der Waals surface area contributed by atoms with Crippen LogP contribution in [0.25, 0.3) is 0 Å². The summed E-state index contributed by atoms with van der Waals surface area (Å²) in [6.07, 6.45) is 1.15. The number of carbonyl (C=O) groups is 2. The summed E-state index contributed by atoms with van der Waals surface area (Å²) >= 11 is 0. The third kappa shape index (κ3) is 4.73. The molecule has 0 saturated carbocycles. The molecule has 0 aliphatic carbocycles. The molecule has 17 heavy (non-hydrogen) atoms. The van der Waals surface area contributed by atoms with Crippen molar-refractivity contribution in [1.82, 2.24) is 10.6 Å². The van der Waals surface area contributed by atoms with Gasteiger partial charge in [0.25, 0.3) is 0 Å². The maximum absolute atomic E-state index is 11.7. The van der Waals surface area contributed by atoms with Crippen molar-refractivity contribution in [2.45, 2.75) is 39.2 Å². The van der Waals surface area contributed by atoms with Crippen molar-refractivity contribution < 1.29 is 14.7 Å². The SMILES string of the molecule is CC(C)C(O)CCNC(=O)C1CCNC(=O)C1. The summed E-state index contributed by atoms with van der Waals surface area (Å²) < 4.78 is 0. The van der Waals surface area contributed by atoms with E-state index in [9.17, 15) is 14.7 Å². The standard InChI is InChI=1S/C12H22N2O3/c1-8(2)10(15)4-6-14-12(17)9-3-5-13-11(16)7-9/h8-10,15H,3-7H2,1-2H3,(H,13,16)(H,14,17). The second-order valence-electron chi connectivity index (χ2n) is 4.93. The molecular weight excluding hydrogens is 220 g/mol. The Hall–Kier alpha value is -1.10. The average Bonchev–Trinajstić information content (AvgIpc) is 2.28. The molecule has 1 rings (SSSR count). The number of hydrogen-bond donors (Lipinski definition) is 3. The van der Waals surface area contributed by atoms with Crippen LogP contribution >= 0.6 is 0 Å². The zero-order valence-electron chi connectivity index (χ0n) is 10.5. The molecular formula is C12H22N2O3. The van der Waals surface area contributed by atoms with Gasteiger partial charge in [-0.3, -0.25) is 9.59 Å². The number of rotatable bonds is 5. The van der Waals surface area contributed by atoms with Crippen molar-refractivity contribution in [3.05, 3.63) is 0 Å².